The van der Waals surface area contributed by atoms with Gasteiger partial charge in [0.05, 0.1) is 18.4 Å². The predicted octanol–water partition coefficient (Wildman–Crippen LogP) is 3.30. The Bertz CT molecular complexity index is 911. The summed E-state index contributed by atoms with van der Waals surface area (Å²) >= 11 is 0. The average Bonchev–Trinajstić information content (AvgIpc) is 3.35. The van der Waals surface area contributed by atoms with Crippen LogP contribution in [0.25, 0.3) is 17.1 Å². The summed E-state index contributed by atoms with van der Waals surface area (Å²) in [5, 5.41) is 4.45. The Labute approximate surface area is 154 Å². The van der Waals surface area contributed by atoms with Gasteiger partial charge >= 0.3 is 0 Å². The molecule has 1 atom stereocenters. The molecule has 4 rings (SSSR count). The summed E-state index contributed by atoms with van der Waals surface area (Å²) in [6.07, 6.45) is 5.37. The average molecular weight is 372 g/mol. The molecular formula is C19H18F2N4O2. The molecule has 0 amide bonds. The fourth-order valence-corrected chi connectivity index (χ4v) is 2.94. The molecule has 0 aliphatic carbocycles. The van der Waals surface area contributed by atoms with Crippen LogP contribution >= 0.6 is 0 Å². The monoisotopic (exact) mass is 372 g/mol. The van der Waals surface area contributed by atoms with E-state index in [-0.39, 0.29) is 12.7 Å². The van der Waals surface area contributed by atoms with Gasteiger partial charge in [-0.15, -0.1) is 5.10 Å². The molecule has 0 spiro atoms. The molecule has 1 saturated heterocycles. The van der Waals surface area contributed by atoms with Gasteiger partial charge in [-0.05, 0) is 37.1 Å². The van der Waals surface area contributed by atoms with E-state index in [0.29, 0.717) is 23.9 Å². The van der Waals surface area contributed by atoms with Gasteiger partial charge in [-0.25, -0.2) is 18.4 Å². The maximum atomic E-state index is 13.7. The lowest BCUT2D eigenvalue weighted by atomic mass is 10.2. The first kappa shape index (κ1) is 17.7. The van der Waals surface area contributed by atoms with Crippen molar-refractivity contribution in [1.82, 2.24) is 19.7 Å². The van der Waals surface area contributed by atoms with Crippen molar-refractivity contribution in [2.45, 2.75) is 25.6 Å². The smallest absolute Gasteiger partial charge is 0.182 e. The van der Waals surface area contributed by atoms with Crippen LogP contribution in [0.1, 0.15) is 18.7 Å². The van der Waals surface area contributed by atoms with Gasteiger partial charge in [-0.3, -0.25) is 4.98 Å². The van der Waals surface area contributed by atoms with Crippen molar-refractivity contribution in [3.05, 3.63) is 60.2 Å². The predicted molar refractivity (Wildman–Crippen MR) is 93.1 cm³/mol. The maximum absolute atomic E-state index is 13.7. The van der Waals surface area contributed by atoms with Crippen LogP contribution in [0.15, 0.2) is 42.7 Å². The number of ether oxygens (including phenoxy) is 2. The number of rotatable bonds is 6. The summed E-state index contributed by atoms with van der Waals surface area (Å²) in [7, 11) is 0. The first-order valence-electron chi connectivity index (χ1n) is 8.72. The molecule has 0 unspecified atom stereocenters. The molecule has 140 valence electrons. The first-order chi connectivity index (χ1) is 13.2. The molecule has 1 aliphatic heterocycles. The highest BCUT2D eigenvalue weighted by atomic mass is 19.2. The van der Waals surface area contributed by atoms with Crippen LogP contribution in [-0.4, -0.2) is 39.1 Å². The molecule has 6 nitrogen and oxygen atoms in total. The Hall–Kier alpha value is -2.71. The van der Waals surface area contributed by atoms with Gasteiger partial charge in [0.1, 0.15) is 6.61 Å². The summed E-state index contributed by atoms with van der Waals surface area (Å²) < 4.78 is 39.7. The van der Waals surface area contributed by atoms with E-state index in [2.05, 4.69) is 15.1 Å². The number of hydrogen-bond donors (Lipinski definition) is 0. The maximum Gasteiger partial charge on any atom is 0.182 e. The van der Waals surface area contributed by atoms with Gasteiger partial charge in [-0.2, -0.15) is 0 Å². The zero-order valence-corrected chi connectivity index (χ0v) is 14.5. The van der Waals surface area contributed by atoms with Crippen LogP contribution in [0.4, 0.5) is 8.78 Å². The summed E-state index contributed by atoms with van der Waals surface area (Å²) in [6, 6.07) is 7.16. The van der Waals surface area contributed by atoms with E-state index < -0.39 is 11.6 Å². The van der Waals surface area contributed by atoms with Crippen LogP contribution in [0.2, 0.25) is 0 Å². The Morgan fingerprint density at radius 2 is 2.00 bits per heavy atom. The molecule has 0 saturated carbocycles. The molecule has 2 aromatic heterocycles. The molecule has 8 heteroatoms. The van der Waals surface area contributed by atoms with E-state index in [1.807, 2.05) is 0 Å². The number of hydrogen-bond acceptors (Lipinski definition) is 5. The summed E-state index contributed by atoms with van der Waals surface area (Å²) in [4.78, 5) is 8.50. The standard InChI is InChI=1S/C19H18F2N4O2/c20-16-4-3-14(10-17(16)21)25-18(12-26-11-15-2-1-9-27-15)23-19(24-25)13-5-7-22-8-6-13/h3-8,10,15H,1-2,9,11-12H2/t15-/m0/s1. The van der Waals surface area contributed by atoms with Crippen molar-refractivity contribution in [2.75, 3.05) is 13.2 Å². The van der Waals surface area contributed by atoms with Crippen molar-refractivity contribution in [1.29, 1.82) is 0 Å². The molecule has 0 bridgehead atoms. The van der Waals surface area contributed by atoms with Gasteiger partial charge < -0.3 is 9.47 Å². The van der Waals surface area contributed by atoms with Crippen molar-refractivity contribution in [3.63, 3.8) is 0 Å². The molecule has 0 N–H and O–H groups in total. The van der Waals surface area contributed by atoms with Crippen molar-refractivity contribution in [2.24, 2.45) is 0 Å². The second kappa shape index (κ2) is 7.89. The number of halogens is 2. The summed E-state index contributed by atoms with van der Waals surface area (Å²) in [5.41, 5.74) is 1.14. The molecule has 1 aromatic carbocycles. The molecule has 1 fully saturated rings. The second-order valence-corrected chi connectivity index (χ2v) is 6.25. The van der Waals surface area contributed by atoms with E-state index in [9.17, 15) is 8.78 Å². The normalized spacial score (nSPS) is 16.7. The number of nitrogens with zero attached hydrogens (tertiary/aromatic N) is 4. The zero-order chi connectivity index (χ0) is 18.6. The van der Waals surface area contributed by atoms with Gasteiger partial charge in [0.2, 0.25) is 0 Å². The highest BCUT2D eigenvalue weighted by molar-refractivity contribution is 5.53. The molecule has 1 aliphatic rings. The lowest BCUT2D eigenvalue weighted by Crippen LogP contribution is -2.15. The molecule has 27 heavy (non-hydrogen) atoms. The SMILES string of the molecule is Fc1ccc(-n2nc(-c3ccncc3)nc2COC[C@@H]2CCCO2)cc1F. The Morgan fingerprint density at radius 1 is 1.15 bits per heavy atom. The number of pyridine rings is 1. The Balaban J connectivity index is 1.62. The quantitative estimate of drug-likeness (QED) is 0.664. The van der Waals surface area contributed by atoms with Gasteiger partial charge in [0, 0.05) is 30.6 Å². The van der Waals surface area contributed by atoms with Crippen LogP contribution in [0.3, 0.4) is 0 Å². The largest absolute Gasteiger partial charge is 0.376 e. The van der Waals surface area contributed by atoms with Crippen LogP contribution < -0.4 is 0 Å². The minimum absolute atomic E-state index is 0.0873. The van der Waals surface area contributed by atoms with Gasteiger partial charge in [0.25, 0.3) is 0 Å². The third kappa shape index (κ3) is 4.01. The van der Waals surface area contributed by atoms with E-state index in [1.165, 1.54) is 10.7 Å². The minimum Gasteiger partial charge on any atom is -0.376 e. The lowest BCUT2D eigenvalue weighted by molar-refractivity contribution is 0.00818. The highest BCUT2D eigenvalue weighted by Crippen LogP contribution is 2.20. The Morgan fingerprint density at radius 3 is 2.74 bits per heavy atom. The van der Waals surface area contributed by atoms with Crippen molar-refractivity contribution >= 4 is 0 Å². The summed E-state index contributed by atoms with van der Waals surface area (Å²) in [5.74, 6) is -0.909. The first-order valence-corrected chi connectivity index (χ1v) is 8.72. The third-order valence-corrected chi connectivity index (χ3v) is 4.32. The van der Waals surface area contributed by atoms with Crippen LogP contribution in [0.5, 0.6) is 0 Å². The zero-order valence-electron chi connectivity index (χ0n) is 14.5. The second-order valence-electron chi connectivity index (χ2n) is 6.25. The van der Waals surface area contributed by atoms with Gasteiger partial charge in [0.15, 0.2) is 23.3 Å². The van der Waals surface area contributed by atoms with Gasteiger partial charge in [-0.1, -0.05) is 0 Å². The van der Waals surface area contributed by atoms with E-state index >= 15 is 0 Å². The van der Waals surface area contributed by atoms with E-state index in [4.69, 9.17) is 9.47 Å². The Kier molecular flexibility index (Phi) is 5.17. The number of benzene rings is 1. The third-order valence-electron chi connectivity index (χ3n) is 4.32. The van der Waals surface area contributed by atoms with E-state index in [1.54, 1.807) is 24.5 Å². The van der Waals surface area contributed by atoms with Crippen molar-refractivity contribution < 1.29 is 18.3 Å². The lowest BCUT2D eigenvalue weighted by Gasteiger charge is -2.10. The van der Waals surface area contributed by atoms with Crippen LogP contribution in [0, 0.1) is 11.6 Å². The molecule has 3 aromatic rings. The van der Waals surface area contributed by atoms with E-state index in [0.717, 1.165) is 37.1 Å². The topological polar surface area (TPSA) is 62.1 Å². The fraction of sp³-hybridized carbons (Fsp3) is 0.316. The molecule has 3 heterocycles. The molecular weight excluding hydrogens is 354 g/mol. The van der Waals surface area contributed by atoms with Crippen LogP contribution in [-0.2, 0) is 16.1 Å². The minimum atomic E-state index is -0.945. The number of aromatic nitrogens is 4. The highest BCUT2D eigenvalue weighted by Gasteiger charge is 2.18. The molecule has 0 radical (unpaired) electrons. The fourth-order valence-electron chi connectivity index (χ4n) is 2.94. The summed E-state index contributed by atoms with van der Waals surface area (Å²) in [6.45, 7) is 1.39. The van der Waals surface area contributed by atoms with Crippen molar-refractivity contribution in [3.8, 4) is 17.1 Å².